The lowest BCUT2D eigenvalue weighted by molar-refractivity contribution is 1.31. The molecule has 0 N–H and O–H groups in total. The van der Waals surface area contributed by atoms with E-state index in [-0.39, 0.29) is 0 Å². The van der Waals surface area contributed by atoms with Crippen LogP contribution in [0.15, 0.2) is 105 Å². The van der Waals surface area contributed by atoms with Crippen molar-refractivity contribution in [1.82, 2.24) is 4.98 Å². The molecule has 4 aromatic rings. The second-order valence-electron chi connectivity index (χ2n) is 6.81. The highest BCUT2D eigenvalue weighted by molar-refractivity contribution is 8.01. The molecule has 3 aromatic carbocycles. The van der Waals surface area contributed by atoms with Crippen LogP contribution in [-0.2, 0) is 0 Å². The normalized spacial score (nSPS) is 13.6. The Balaban J connectivity index is 1.62. The van der Waals surface area contributed by atoms with Gasteiger partial charge in [0.15, 0.2) is 0 Å². The smallest absolute Gasteiger partial charge is 0.247 e. The van der Waals surface area contributed by atoms with Gasteiger partial charge in [-0.25, -0.2) is 0 Å². The summed E-state index contributed by atoms with van der Waals surface area (Å²) in [6, 6.07) is 28.5. The highest BCUT2D eigenvalue weighted by atomic mass is 32.2. The predicted molar refractivity (Wildman–Crippen MR) is 115 cm³/mol. The number of benzene rings is 3. The molecule has 1 nitrogen and oxygen atoms in total. The Kier molecular flexibility index (Phi) is 3.50. The van der Waals surface area contributed by atoms with E-state index in [9.17, 15) is 0 Å². The van der Waals surface area contributed by atoms with Gasteiger partial charge in [0.1, 0.15) is 0 Å². The van der Waals surface area contributed by atoms with E-state index in [1.54, 1.807) is 0 Å². The van der Waals surface area contributed by atoms with E-state index >= 15 is 0 Å². The Labute approximate surface area is 167 Å². The zero-order valence-corrected chi connectivity index (χ0v) is 16.1. The van der Waals surface area contributed by atoms with Crippen molar-refractivity contribution in [3.8, 4) is 11.3 Å². The van der Waals surface area contributed by atoms with Crippen LogP contribution in [0, 0.1) is 0 Å². The largest absolute Gasteiger partial charge is 0.256 e. The zero-order chi connectivity index (χ0) is 17.8. The Morgan fingerprint density at radius 3 is 2.19 bits per heavy atom. The minimum atomic E-state index is 0.300. The lowest BCUT2D eigenvalue weighted by Gasteiger charge is -2.32. The molecule has 0 bridgehead atoms. The van der Waals surface area contributed by atoms with Crippen LogP contribution in [0.3, 0.4) is 0 Å². The van der Waals surface area contributed by atoms with E-state index < -0.39 is 0 Å². The van der Waals surface area contributed by atoms with Crippen molar-refractivity contribution in [3.05, 3.63) is 85.1 Å². The number of rotatable bonds is 1. The first kappa shape index (κ1) is 15.6. The summed E-state index contributed by atoms with van der Waals surface area (Å²) < 4.78 is 0. The Morgan fingerprint density at radius 1 is 0.630 bits per heavy atom. The Morgan fingerprint density at radius 2 is 1.37 bits per heavy atom. The number of nitrogens with zero attached hydrogens (tertiary/aromatic N) is 1. The van der Waals surface area contributed by atoms with E-state index in [0.717, 1.165) is 5.69 Å². The summed E-state index contributed by atoms with van der Waals surface area (Å²) in [7, 11) is 0. The first-order chi connectivity index (χ1) is 13.4. The third kappa shape index (κ3) is 2.40. The molecule has 0 aliphatic carbocycles. The van der Waals surface area contributed by atoms with Crippen LogP contribution in [0.1, 0.15) is 0 Å². The third-order valence-corrected chi connectivity index (χ3v) is 7.60. The number of hydrogen-bond acceptors (Lipinski definition) is 3. The zero-order valence-electron chi connectivity index (χ0n) is 14.4. The minimum Gasteiger partial charge on any atom is -0.256 e. The molecule has 6 rings (SSSR count). The fourth-order valence-corrected chi connectivity index (χ4v) is 6.46. The van der Waals surface area contributed by atoms with Crippen LogP contribution >= 0.6 is 23.5 Å². The molecule has 126 valence electrons. The summed E-state index contributed by atoms with van der Waals surface area (Å²) >= 11 is 3.79. The van der Waals surface area contributed by atoms with Crippen LogP contribution in [0.4, 0.5) is 0 Å². The van der Waals surface area contributed by atoms with Crippen LogP contribution in [0.5, 0.6) is 0 Å². The summed E-state index contributed by atoms with van der Waals surface area (Å²) in [5.41, 5.74) is 6.50. The van der Waals surface area contributed by atoms with Crippen LogP contribution in [0.2, 0.25) is 0 Å². The molecule has 0 unspecified atom stereocenters. The molecule has 2 aliphatic rings. The lowest BCUT2D eigenvalue weighted by Crippen LogP contribution is -2.58. The molecule has 27 heavy (non-hydrogen) atoms. The SMILES string of the molecule is c1ccc(-c2ccc3c(c2)B2c4ccccc4Sc4cccc(c42)S3)nc1. The molecule has 0 saturated carbocycles. The molecule has 0 radical (unpaired) electrons. The number of pyridine rings is 1. The van der Waals surface area contributed by atoms with E-state index in [4.69, 9.17) is 0 Å². The van der Waals surface area contributed by atoms with Crippen LogP contribution < -0.4 is 16.4 Å². The second kappa shape index (κ2) is 6.05. The first-order valence-electron chi connectivity index (χ1n) is 9.01. The van der Waals surface area contributed by atoms with E-state index in [0.29, 0.717) is 6.71 Å². The predicted octanol–water partition coefficient (Wildman–Crippen LogP) is 4.19. The van der Waals surface area contributed by atoms with Crippen molar-refractivity contribution in [3.63, 3.8) is 0 Å². The molecule has 0 atom stereocenters. The van der Waals surface area contributed by atoms with Crippen molar-refractivity contribution in [1.29, 1.82) is 0 Å². The second-order valence-corrected chi connectivity index (χ2v) is 8.98. The number of hydrogen-bond donors (Lipinski definition) is 0. The topological polar surface area (TPSA) is 12.9 Å². The summed E-state index contributed by atoms with van der Waals surface area (Å²) in [5.74, 6) is 0. The van der Waals surface area contributed by atoms with E-state index in [1.165, 1.54) is 41.5 Å². The summed E-state index contributed by atoms with van der Waals surface area (Å²) in [6.07, 6.45) is 1.86. The standard InChI is InChI=1S/C23H14BNS2/c1-2-8-19-16(6-1)24-17-14-15(18-7-3-4-13-25-18)11-12-20(17)27-22-10-5-9-21(26-19)23(22)24/h1-14H. The Hall–Kier alpha value is -2.43. The third-order valence-electron chi connectivity index (χ3n) is 5.27. The van der Waals surface area contributed by atoms with Gasteiger partial charge in [-0.15, -0.1) is 0 Å². The van der Waals surface area contributed by atoms with E-state index in [1.807, 2.05) is 35.8 Å². The van der Waals surface area contributed by atoms with Crippen LogP contribution in [0.25, 0.3) is 11.3 Å². The molecule has 0 fully saturated rings. The minimum absolute atomic E-state index is 0.300. The summed E-state index contributed by atoms with van der Waals surface area (Å²) in [6.45, 7) is 0.300. The van der Waals surface area contributed by atoms with Gasteiger partial charge in [0.05, 0.1) is 5.69 Å². The molecule has 3 heterocycles. The highest BCUT2D eigenvalue weighted by Crippen LogP contribution is 2.38. The van der Waals surface area contributed by atoms with Crippen molar-refractivity contribution in [2.45, 2.75) is 19.6 Å². The monoisotopic (exact) mass is 379 g/mol. The first-order valence-corrected chi connectivity index (χ1v) is 10.6. The molecular formula is C23H14BNS2. The fraction of sp³-hybridized carbons (Fsp3) is 0. The number of fused-ring (bicyclic) bond motifs is 4. The molecule has 0 amide bonds. The quantitative estimate of drug-likeness (QED) is 0.398. The van der Waals surface area contributed by atoms with Gasteiger partial charge >= 0.3 is 0 Å². The maximum atomic E-state index is 4.56. The molecule has 2 aliphatic heterocycles. The van der Waals surface area contributed by atoms with Gasteiger partial charge in [0, 0.05) is 25.8 Å². The van der Waals surface area contributed by atoms with Gasteiger partial charge in [0.25, 0.3) is 0 Å². The van der Waals surface area contributed by atoms with Gasteiger partial charge in [-0.2, -0.15) is 0 Å². The summed E-state index contributed by atoms with van der Waals surface area (Å²) in [4.78, 5) is 10.1. The fourth-order valence-electron chi connectivity index (χ4n) is 4.07. The highest BCUT2D eigenvalue weighted by Gasteiger charge is 2.37. The lowest BCUT2D eigenvalue weighted by atomic mass is 9.36. The number of aromatic nitrogens is 1. The molecule has 1 aromatic heterocycles. The van der Waals surface area contributed by atoms with Crippen molar-refractivity contribution < 1.29 is 0 Å². The average molecular weight is 379 g/mol. The van der Waals surface area contributed by atoms with Crippen molar-refractivity contribution in [2.75, 3.05) is 0 Å². The molecule has 4 heteroatoms. The molecule has 0 spiro atoms. The average Bonchev–Trinajstić information content (AvgIpc) is 2.74. The molecular weight excluding hydrogens is 365 g/mol. The van der Waals surface area contributed by atoms with Gasteiger partial charge in [-0.1, -0.05) is 76.9 Å². The van der Waals surface area contributed by atoms with Crippen molar-refractivity contribution >= 4 is 46.6 Å². The van der Waals surface area contributed by atoms with Crippen LogP contribution in [-0.4, -0.2) is 11.7 Å². The Bertz CT molecular complexity index is 1180. The van der Waals surface area contributed by atoms with E-state index in [2.05, 4.69) is 77.8 Å². The molecule has 0 saturated heterocycles. The van der Waals surface area contributed by atoms with Gasteiger partial charge < -0.3 is 0 Å². The maximum Gasteiger partial charge on any atom is 0.247 e. The van der Waals surface area contributed by atoms with Gasteiger partial charge in [-0.3, -0.25) is 4.98 Å². The van der Waals surface area contributed by atoms with Crippen molar-refractivity contribution in [2.24, 2.45) is 0 Å². The van der Waals surface area contributed by atoms with Gasteiger partial charge in [-0.05, 0) is 47.4 Å². The maximum absolute atomic E-state index is 4.56. The summed E-state index contributed by atoms with van der Waals surface area (Å²) in [5, 5.41) is 0. The van der Waals surface area contributed by atoms with Gasteiger partial charge in [0.2, 0.25) is 6.71 Å².